The van der Waals surface area contributed by atoms with Gasteiger partial charge in [0.15, 0.2) is 0 Å². The van der Waals surface area contributed by atoms with Crippen LogP contribution in [0.1, 0.15) is 43.4 Å². The van der Waals surface area contributed by atoms with Crippen LogP contribution in [0, 0.1) is 11.8 Å². The molecule has 3 fully saturated rings. The largest absolute Gasteiger partial charge is 0.508 e. The molecule has 1 aliphatic heterocycles. The molecule has 2 heterocycles. The zero-order chi connectivity index (χ0) is 23.1. The molecule has 6 nitrogen and oxygen atoms in total. The molecule has 2 saturated carbocycles. The second-order valence-electron chi connectivity index (χ2n) is 9.04. The van der Waals surface area contributed by atoms with Crippen molar-refractivity contribution in [1.29, 1.82) is 0 Å². The van der Waals surface area contributed by atoms with Gasteiger partial charge in [0.05, 0.1) is 12.0 Å². The molecule has 2 aromatic rings. The van der Waals surface area contributed by atoms with E-state index in [1.807, 2.05) is 11.0 Å². The number of furan rings is 1. The van der Waals surface area contributed by atoms with Crippen molar-refractivity contribution < 1.29 is 24.2 Å². The van der Waals surface area contributed by atoms with E-state index in [1.54, 1.807) is 18.2 Å². The zero-order valence-electron chi connectivity index (χ0n) is 18.5. The first kappa shape index (κ1) is 22.5. The molecule has 174 valence electrons. The minimum Gasteiger partial charge on any atom is -0.508 e. The van der Waals surface area contributed by atoms with Gasteiger partial charge in [-0.1, -0.05) is 30.4 Å². The SMILES string of the molecule is COc1cc(O)cc(-c2cc(CCCO)c(/C=C3/SC(=S)N(C4CC5CCC4C5)C3=O)o2)c1. The lowest BCUT2D eigenvalue weighted by Gasteiger charge is -2.30. The van der Waals surface area contributed by atoms with Crippen LogP contribution in [0.25, 0.3) is 17.4 Å². The lowest BCUT2D eigenvalue weighted by molar-refractivity contribution is -0.124. The van der Waals surface area contributed by atoms with Gasteiger partial charge in [-0.2, -0.15) is 0 Å². The summed E-state index contributed by atoms with van der Waals surface area (Å²) in [5.41, 5.74) is 1.57. The van der Waals surface area contributed by atoms with Gasteiger partial charge in [0.1, 0.15) is 27.3 Å². The van der Waals surface area contributed by atoms with Crippen molar-refractivity contribution >= 4 is 40.3 Å². The number of hydrogen-bond donors (Lipinski definition) is 2. The summed E-state index contributed by atoms with van der Waals surface area (Å²) in [7, 11) is 1.54. The molecule has 2 N–H and O–H groups in total. The van der Waals surface area contributed by atoms with Crippen LogP contribution < -0.4 is 4.74 Å². The third-order valence-electron chi connectivity index (χ3n) is 6.98. The summed E-state index contributed by atoms with van der Waals surface area (Å²) in [6.07, 6.45) is 7.69. The Kier molecular flexibility index (Phi) is 6.24. The van der Waals surface area contributed by atoms with E-state index in [4.69, 9.17) is 21.4 Å². The summed E-state index contributed by atoms with van der Waals surface area (Å²) in [6, 6.07) is 7.04. The number of fused-ring (bicyclic) bond motifs is 2. The number of phenolic OH excluding ortho intramolecular Hbond substituents is 1. The first-order chi connectivity index (χ1) is 16.0. The van der Waals surface area contributed by atoms with Crippen molar-refractivity contribution in [2.45, 2.75) is 44.6 Å². The van der Waals surface area contributed by atoms with Crippen LogP contribution in [0.5, 0.6) is 11.5 Å². The number of rotatable bonds is 7. The van der Waals surface area contributed by atoms with Gasteiger partial charge in [0, 0.05) is 30.4 Å². The van der Waals surface area contributed by atoms with Crippen LogP contribution in [0.2, 0.25) is 0 Å². The number of aromatic hydroxyl groups is 1. The lowest BCUT2D eigenvalue weighted by atomic mass is 9.94. The molecule has 33 heavy (non-hydrogen) atoms. The Balaban J connectivity index is 1.46. The van der Waals surface area contributed by atoms with E-state index < -0.39 is 0 Å². The number of aliphatic hydroxyl groups is 1. The Labute approximate surface area is 202 Å². The quantitative estimate of drug-likeness (QED) is 0.423. The predicted molar refractivity (Wildman–Crippen MR) is 132 cm³/mol. The van der Waals surface area contributed by atoms with Crippen molar-refractivity contribution in [3.05, 3.63) is 40.5 Å². The Hall–Kier alpha value is -2.29. The highest BCUT2D eigenvalue weighted by Crippen LogP contribution is 2.49. The van der Waals surface area contributed by atoms with Gasteiger partial charge >= 0.3 is 0 Å². The number of benzene rings is 1. The molecule has 2 bridgehead atoms. The number of methoxy groups -OCH3 is 1. The van der Waals surface area contributed by atoms with E-state index in [2.05, 4.69) is 0 Å². The number of ether oxygens (including phenoxy) is 1. The normalized spacial score (nSPS) is 25.6. The second kappa shape index (κ2) is 9.16. The van der Waals surface area contributed by atoms with Crippen molar-refractivity contribution in [3.8, 4) is 22.8 Å². The maximum Gasteiger partial charge on any atom is 0.266 e. The maximum atomic E-state index is 13.3. The highest BCUT2D eigenvalue weighted by molar-refractivity contribution is 8.26. The summed E-state index contributed by atoms with van der Waals surface area (Å²) in [6.45, 7) is 0.0618. The van der Waals surface area contributed by atoms with Crippen molar-refractivity contribution in [1.82, 2.24) is 4.90 Å². The van der Waals surface area contributed by atoms with Gasteiger partial charge in [0.25, 0.3) is 5.91 Å². The Morgan fingerprint density at radius 3 is 2.82 bits per heavy atom. The predicted octanol–water partition coefficient (Wildman–Crippen LogP) is 4.98. The molecule has 2 aliphatic carbocycles. The van der Waals surface area contributed by atoms with Crippen LogP contribution in [0.3, 0.4) is 0 Å². The van der Waals surface area contributed by atoms with E-state index in [0.29, 0.717) is 50.8 Å². The molecule has 0 spiro atoms. The molecular formula is C25H27NO5S2. The first-order valence-corrected chi connectivity index (χ1v) is 12.6. The van der Waals surface area contributed by atoms with Gasteiger partial charge < -0.3 is 19.4 Å². The number of thioether (sulfide) groups is 1. The van der Waals surface area contributed by atoms with Gasteiger partial charge in [-0.25, -0.2) is 0 Å². The monoisotopic (exact) mass is 485 g/mol. The number of nitrogens with zero attached hydrogens (tertiary/aromatic N) is 1. The fourth-order valence-electron chi connectivity index (χ4n) is 5.43. The highest BCUT2D eigenvalue weighted by Gasteiger charge is 2.48. The highest BCUT2D eigenvalue weighted by atomic mass is 32.2. The van der Waals surface area contributed by atoms with Crippen LogP contribution in [0.15, 0.2) is 33.6 Å². The Morgan fingerprint density at radius 2 is 2.12 bits per heavy atom. The van der Waals surface area contributed by atoms with Crippen molar-refractivity contribution in [3.63, 3.8) is 0 Å². The van der Waals surface area contributed by atoms with Crippen LogP contribution in [0.4, 0.5) is 0 Å². The van der Waals surface area contributed by atoms with Crippen molar-refractivity contribution in [2.75, 3.05) is 13.7 Å². The third-order valence-corrected chi connectivity index (χ3v) is 8.31. The van der Waals surface area contributed by atoms with Crippen LogP contribution in [-0.2, 0) is 11.2 Å². The number of aliphatic hydroxyl groups excluding tert-OH is 1. The molecule has 0 radical (unpaired) electrons. The molecule has 8 heteroatoms. The Morgan fingerprint density at radius 1 is 1.27 bits per heavy atom. The number of amides is 1. The Bertz CT molecular complexity index is 1120. The molecule has 1 saturated heterocycles. The van der Waals surface area contributed by atoms with E-state index in [1.165, 1.54) is 44.2 Å². The smallest absolute Gasteiger partial charge is 0.266 e. The van der Waals surface area contributed by atoms with Crippen LogP contribution >= 0.6 is 24.0 Å². The number of carbonyl (C=O) groups is 1. The molecule has 3 aliphatic rings. The summed E-state index contributed by atoms with van der Waals surface area (Å²) in [5.74, 6) is 2.99. The number of hydrogen-bond acceptors (Lipinski definition) is 7. The first-order valence-electron chi connectivity index (χ1n) is 11.4. The standard InChI is InChI=1S/C25H27NO5S2/c1-30-19-10-17(9-18(28)12-19)21-11-16(3-2-6-27)22(31-21)13-23-24(29)26(25(32)33-23)20-8-14-4-5-15(20)7-14/h9-15,20,27-28H,2-8H2,1H3/b23-13+. The number of phenols is 1. The summed E-state index contributed by atoms with van der Waals surface area (Å²) >= 11 is 6.95. The fraction of sp³-hybridized carbons (Fsp3) is 0.440. The van der Waals surface area contributed by atoms with Gasteiger partial charge in [-0.3, -0.25) is 9.69 Å². The molecule has 1 aromatic carbocycles. The molecular weight excluding hydrogens is 458 g/mol. The number of carbonyl (C=O) groups excluding carboxylic acids is 1. The zero-order valence-corrected chi connectivity index (χ0v) is 20.1. The third kappa shape index (κ3) is 4.32. The van der Waals surface area contributed by atoms with Crippen molar-refractivity contribution in [2.24, 2.45) is 11.8 Å². The molecule has 1 aromatic heterocycles. The van der Waals surface area contributed by atoms with E-state index in [9.17, 15) is 15.0 Å². The average Bonchev–Trinajstić information content (AvgIpc) is 3.57. The summed E-state index contributed by atoms with van der Waals surface area (Å²) in [5, 5.41) is 19.4. The molecule has 1 amide bonds. The van der Waals surface area contributed by atoms with Gasteiger partial charge in [-0.05, 0) is 67.7 Å². The second-order valence-corrected chi connectivity index (χ2v) is 10.7. The molecule has 3 unspecified atom stereocenters. The summed E-state index contributed by atoms with van der Waals surface area (Å²) < 4.78 is 12.0. The minimum atomic E-state index is -0.0346. The number of thiocarbonyl (C=S) groups is 1. The summed E-state index contributed by atoms with van der Waals surface area (Å²) in [4.78, 5) is 15.7. The maximum absolute atomic E-state index is 13.3. The van der Waals surface area contributed by atoms with Gasteiger partial charge in [-0.15, -0.1) is 0 Å². The molecule has 3 atom stereocenters. The van der Waals surface area contributed by atoms with E-state index >= 15 is 0 Å². The lowest BCUT2D eigenvalue weighted by Crippen LogP contribution is -2.41. The average molecular weight is 486 g/mol. The topological polar surface area (TPSA) is 83.1 Å². The molecule has 5 rings (SSSR count). The fourth-order valence-corrected chi connectivity index (χ4v) is 6.77. The van der Waals surface area contributed by atoms with Gasteiger partial charge in [0.2, 0.25) is 0 Å². The van der Waals surface area contributed by atoms with Crippen LogP contribution in [-0.4, -0.2) is 45.1 Å². The number of aryl methyl sites for hydroxylation is 1. The minimum absolute atomic E-state index is 0.0346. The van der Waals surface area contributed by atoms with E-state index in [0.717, 1.165) is 17.9 Å². The van der Waals surface area contributed by atoms with E-state index in [-0.39, 0.29) is 24.3 Å².